The van der Waals surface area contributed by atoms with Crippen LogP contribution in [0, 0.1) is 12.7 Å². The zero-order valence-electron chi connectivity index (χ0n) is 19.0. The summed E-state index contributed by atoms with van der Waals surface area (Å²) in [5.41, 5.74) is 0.676. The largest absolute Gasteiger partial charge is 0.507 e. The molecule has 1 aliphatic rings. The third kappa shape index (κ3) is 4.57. The number of amides is 1. The van der Waals surface area contributed by atoms with E-state index in [1.54, 1.807) is 37.3 Å². The van der Waals surface area contributed by atoms with Crippen LogP contribution >= 0.6 is 0 Å². The van der Waals surface area contributed by atoms with Crippen LogP contribution in [0.1, 0.15) is 49.1 Å². The summed E-state index contributed by atoms with van der Waals surface area (Å²) in [7, 11) is 0. The zero-order chi connectivity index (χ0) is 24.2. The van der Waals surface area contributed by atoms with Gasteiger partial charge in [0.25, 0.3) is 5.78 Å². The van der Waals surface area contributed by atoms with Gasteiger partial charge in [-0.2, -0.15) is 0 Å². The molecule has 1 saturated heterocycles. The van der Waals surface area contributed by atoms with Gasteiger partial charge in [0, 0.05) is 11.6 Å². The number of carbonyl (C=O) groups excluding carboxylic acids is 2. The van der Waals surface area contributed by atoms with Gasteiger partial charge in [-0.05, 0) is 55.3 Å². The number of nitrogens with zero attached hydrogens (tertiary/aromatic N) is 2. The van der Waals surface area contributed by atoms with E-state index in [4.69, 9.17) is 9.26 Å². The minimum Gasteiger partial charge on any atom is -0.507 e. The maximum Gasteiger partial charge on any atom is 0.301 e. The van der Waals surface area contributed by atoms with E-state index < -0.39 is 29.3 Å². The van der Waals surface area contributed by atoms with Crippen LogP contribution in [0.25, 0.3) is 5.76 Å². The molecule has 2 aromatic carbocycles. The van der Waals surface area contributed by atoms with Crippen molar-refractivity contribution in [2.24, 2.45) is 0 Å². The number of halogens is 1. The molecule has 8 heteroatoms. The van der Waals surface area contributed by atoms with Crippen molar-refractivity contribution in [3.63, 3.8) is 0 Å². The number of ketones is 1. The maximum atomic E-state index is 13.4. The highest BCUT2D eigenvalue weighted by Crippen LogP contribution is 2.42. The molecular weight excluding hydrogens is 439 g/mol. The van der Waals surface area contributed by atoms with Crippen LogP contribution < -0.4 is 9.64 Å². The normalized spacial score (nSPS) is 17.4. The van der Waals surface area contributed by atoms with Crippen molar-refractivity contribution in [3.05, 3.63) is 82.9 Å². The van der Waals surface area contributed by atoms with Crippen molar-refractivity contribution >= 4 is 23.3 Å². The molecule has 1 N–H and O–H groups in total. The van der Waals surface area contributed by atoms with E-state index in [1.807, 2.05) is 0 Å². The van der Waals surface area contributed by atoms with Gasteiger partial charge in [-0.3, -0.25) is 14.5 Å². The van der Waals surface area contributed by atoms with Gasteiger partial charge in [0.1, 0.15) is 23.1 Å². The van der Waals surface area contributed by atoms with Gasteiger partial charge in [-0.1, -0.05) is 37.1 Å². The molecule has 34 heavy (non-hydrogen) atoms. The SMILES string of the molecule is CCCCCOc1ccc([C@@H]2C(=C(O)c3ccc(F)cc3)C(=O)C(=O)N2c2cc(C)on2)cc1. The number of anilines is 1. The third-order valence-corrected chi connectivity index (χ3v) is 5.64. The number of aryl methyl sites for hydroxylation is 1. The van der Waals surface area contributed by atoms with E-state index in [9.17, 15) is 19.1 Å². The topological polar surface area (TPSA) is 92.9 Å². The monoisotopic (exact) mass is 464 g/mol. The molecule has 0 spiro atoms. The zero-order valence-corrected chi connectivity index (χ0v) is 19.0. The molecule has 0 radical (unpaired) electrons. The van der Waals surface area contributed by atoms with Crippen molar-refractivity contribution < 1.29 is 28.3 Å². The van der Waals surface area contributed by atoms with E-state index in [-0.39, 0.29) is 17.0 Å². The van der Waals surface area contributed by atoms with E-state index in [0.29, 0.717) is 23.7 Å². The van der Waals surface area contributed by atoms with Crippen LogP contribution in [0.5, 0.6) is 5.75 Å². The summed E-state index contributed by atoms with van der Waals surface area (Å²) in [6.45, 7) is 4.38. The molecule has 3 aromatic rings. The average Bonchev–Trinajstić information content (AvgIpc) is 3.37. The Hall–Kier alpha value is -3.94. The lowest BCUT2D eigenvalue weighted by Crippen LogP contribution is -2.29. The van der Waals surface area contributed by atoms with Crippen LogP contribution in [0.3, 0.4) is 0 Å². The van der Waals surface area contributed by atoms with Crippen LogP contribution in [-0.4, -0.2) is 28.6 Å². The molecule has 7 nitrogen and oxygen atoms in total. The first-order valence-electron chi connectivity index (χ1n) is 11.1. The number of aliphatic hydroxyl groups excluding tert-OH is 1. The predicted molar refractivity (Wildman–Crippen MR) is 124 cm³/mol. The van der Waals surface area contributed by atoms with E-state index in [0.717, 1.165) is 19.3 Å². The van der Waals surface area contributed by atoms with Crippen molar-refractivity contribution in [2.75, 3.05) is 11.5 Å². The lowest BCUT2D eigenvalue weighted by Gasteiger charge is -2.23. The number of unbranched alkanes of at least 4 members (excludes halogenated alkanes) is 2. The number of aromatic nitrogens is 1. The smallest absolute Gasteiger partial charge is 0.301 e. The lowest BCUT2D eigenvalue weighted by atomic mass is 9.95. The van der Waals surface area contributed by atoms with Crippen LogP contribution in [0.15, 0.2) is 64.7 Å². The number of ether oxygens (including phenoxy) is 1. The first kappa shape index (κ1) is 23.2. The molecule has 1 aromatic heterocycles. The fraction of sp³-hybridized carbons (Fsp3) is 0.269. The summed E-state index contributed by atoms with van der Waals surface area (Å²) in [4.78, 5) is 27.3. The Kier molecular flexibility index (Phi) is 6.77. The Labute approximate surface area is 196 Å². The number of carbonyl (C=O) groups is 2. The van der Waals surface area contributed by atoms with E-state index in [2.05, 4.69) is 12.1 Å². The number of Topliss-reactive ketones (excluding diaryl/α,β-unsaturated/α-hetero) is 1. The lowest BCUT2D eigenvalue weighted by molar-refractivity contribution is -0.132. The average molecular weight is 464 g/mol. The predicted octanol–water partition coefficient (Wildman–Crippen LogP) is 5.32. The summed E-state index contributed by atoms with van der Waals surface area (Å²) in [6, 6.07) is 12.6. The third-order valence-electron chi connectivity index (χ3n) is 5.64. The fourth-order valence-corrected chi connectivity index (χ4v) is 3.90. The Bertz CT molecular complexity index is 1210. The van der Waals surface area contributed by atoms with Gasteiger partial charge in [-0.25, -0.2) is 4.39 Å². The van der Waals surface area contributed by atoms with Gasteiger partial charge in [-0.15, -0.1) is 0 Å². The summed E-state index contributed by atoms with van der Waals surface area (Å²) in [5, 5.41) is 14.9. The molecule has 0 saturated carbocycles. The molecule has 0 aliphatic carbocycles. The van der Waals surface area contributed by atoms with Gasteiger partial charge in [0.2, 0.25) is 0 Å². The molecule has 1 fully saturated rings. The number of hydrogen-bond acceptors (Lipinski definition) is 6. The van der Waals surface area contributed by atoms with Crippen LogP contribution in [-0.2, 0) is 9.59 Å². The van der Waals surface area contributed by atoms with Gasteiger partial charge < -0.3 is 14.4 Å². The summed E-state index contributed by atoms with van der Waals surface area (Å²) >= 11 is 0. The molecule has 1 aliphatic heterocycles. The Balaban J connectivity index is 1.76. The number of hydrogen-bond donors (Lipinski definition) is 1. The van der Waals surface area contributed by atoms with Crippen molar-refractivity contribution in [1.82, 2.24) is 5.16 Å². The minimum absolute atomic E-state index is 0.117. The van der Waals surface area contributed by atoms with Gasteiger partial charge >= 0.3 is 5.91 Å². The maximum absolute atomic E-state index is 13.4. The summed E-state index contributed by atoms with van der Waals surface area (Å²) < 4.78 is 24.3. The number of benzene rings is 2. The first-order valence-corrected chi connectivity index (χ1v) is 11.1. The molecular formula is C26H25FN2O5. The molecule has 1 amide bonds. The number of aliphatic hydroxyl groups is 1. The molecule has 4 rings (SSSR count). The van der Waals surface area contributed by atoms with Gasteiger partial charge in [0.15, 0.2) is 5.82 Å². The Morgan fingerprint density at radius 3 is 2.44 bits per heavy atom. The summed E-state index contributed by atoms with van der Waals surface area (Å²) in [6.07, 6.45) is 3.12. The fourth-order valence-electron chi connectivity index (χ4n) is 3.90. The van der Waals surface area contributed by atoms with Gasteiger partial charge in [0.05, 0.1) is 18.2 Å². The second-order valence-corrected chi connectivity index (χ2v) is 8.10. The number of rotatable bonds is 8. The Morgan fingerprint density at radius 1 is 1.12 bits per heavy atom. The van der Waals surface area contributed by atoms with Crippen molar-refractivity contribution in [2.45, 2.75) is 39.2 Å². The second kappa shape index (κ2) is 9.91. The molecule has 0 unspecified atom stereocenters. The highest BCUT2D eigenvalue weighted by Gasteiger charge is 2.48. The van der Waals surface area contributed by atoms with E-state index >= 15 is 0 Å². The molecule has 0 bridgehead atoms. The minimum atomic E-state index is -0.955. The molecule has 1 atom stereocenters. The molecule has 176 valence electrons. The highest BCUT2D eigenvalue weighted by atomic mass is 19.1. The van der Waals surface area contributed by atoms with Crippen molar-refractivity contribution in [1.29, 1.82) is 0 Å². The second-order valence-electron chi connectivity index (χ2n) is 8.10. The Morgan fingerprint density at radius 2 is 1.82 bits per heavy atom. The molecule has 2 heterocycles. The van der Waals surface area contributed by atoms with E-state index in [1.165, 1.54) is 29.2 Å². The van der Waals surface area contributed by atoms with Crippen LogP contribution in [0.2, 0.25) is 0 Å². The van der Waals surface area contributed by atoms with Crippen molar-refractivity contribution in [3.8, 4) is 5.75 Å². The summed E-state index contributed by atoms with van der Waals surface area (Å²) in [5.74, 6) is -1.32. The quantitative estimate of drug-likeness (QED) is 0.210. The highest BCUT2D eigenvalue weighted by molar-refractivity contribution is 6.51. The first-order chi connectivity index (χ1) is 16.4. The van der Waals surface area contributed by atoms with Crippen LogP contribution in [0.4, 0.5) is 10.2 Å². The standard InChI is InChI=1S/C26H25FN2O5/c1-3-4-5-14-33-20-12-8-17(9-13-20)23-22(24(30)18-6-10-19(27)11-7-18)25(31)26(32)29(23)21-15-16(2)34-28-21/h6-13,15,23,30H,3-5,14H2,1-2H3/t23-/m1/s1.